The van der Waals surface area contributed by atoms with Crippen LogP contribution < -0.4 is 4.74 Å². The number of ether oxygens (including phenoxy) is 2. The molecule has 0 saturated heterocycles. The molecule has 0 aliphatic heterocycles. The van der Waals surface area contributed by atoms with Gasteiger partial charge >= 0.3 is 0 Å². The Bertz CT molecular complexity index is 833. The summed E-state index contributed by atoms with van der Waals surface area (Å²) in [7, 11) is 5.26. The van der Waals surface area contributed by atoms with Crippen LogP contribution in [0.2, 0.25) is 0 Å². The zero-order valence-corrected chi connectivity index (χ0v) is 14.2. The van der Waals surface area contributed by atoms with E-state index in [1.165, 1.54) is 0 Å². The Morgan fingerprint density at radius 1 is 1.26 bits per heavy atom. The summed E-state index contributed by atoms with van der Waals surface area (Å²) in [5, 5.41) is 4.54. The van der Waals surface area contributed by atoms with E-state index in [1.54, 1.807) is 14.2 Å². The van der Waals surface area contributed by atoms with Crippen LogP contribution in [0.25, 0.3) is 22.6 Å². The van der Waals surface area contributed by atoms with Crippen molar-refractivity contribution < 1.29 is 9.47 Å². The zero-order chi connectivity index (χ0) is 16.6. The number of nitrogens with one attached hydrogen (secondary N) is 1. The van der Waals surface area contributed by atoms with E-state index in [0.29, 0.717) is 12.5 Å². The molecule has 1 N–H and O–H groups in total. The van der Waals surface area contributed by atoms with Crippen LogP contribution >= 0.6 is 0 Å². The topological polar surface area (TPSA) is 65.0 Å². The molecule has 0 radical (unpaired) electrons. The molecule has 0 bridgehead atoms. The monoisotopic (exact) mass is 314 g/mol. The lowest BCUT2D eigenvalue weighted by Crippen LogP contribution is -1.97. The highest BCUT2D eigenvalue weighted by Crippen LogP contribution is 2.29. The van der Waals surface area contributed by atoms with Gasteiger partial charge in [-0.05, 0) is 24.1 Å². The normalized spacial score (nSPS) is 11.6. The molecule has 6 nitrogen and oxygen atoms in total. The molecule has 2 aromatic heterocycles. The summed E-state index contributed by atoms with van der Waals surface area (Å²) in [6.07, 6.45) is 0. The fourth-order valence-electron chi connectivity index (χ4n) is 2.77. The van der Waals surface area contributed by atoms with Gasteiger partial charge in [0.2, 0.25) is 0 Å². The summed E-state index contributed by atoms with van der Waals surface area (Å²) >= 11 is 0. The molecule has 122 valence electrons. The highest BCUT2D eigenvalue weighted by molar-refractivity contribution is 5.79. The number of nitrogens with zero attached hydrogens (tertiary/aromatic N) is 3. The first-order valence-corrected chi connectivity index (χ1v) is 7.64. The first kappa shape index (κ1) is 15.6. The predicted octanol–water partition coefficient (Wildman–Crippen LogP) is 3.24. The van der Waals surface area contributed by atoms with Crippen molar-refractivity contribution in [3.63, 3.8) is 0 Å². The van der Waals surface area contributed by atoms with Crippen molar-refractivity contribution >= 4 is 11.2 Å². The number of aromatic nitrogens is 4. The maximum absolute atomic E-state index is 5.38. The van der Waals surface area contributed by atoms with E-state index in [1.807, 2.05) is 29.9 Å². The summed E-state index contributed by atoms with van der Waals surface area (Å²) in [6, 6.07) is 5.99. The van der Waals surface area contributed by atoms with Crippen LogP contribution in [0.3, 0.4) is 0 Å². The zero-order valence-electron chi connectivity index (χ0n) is 14.2. The van der Waals surface area contributed by atoms with Crippen molar-refractivity contribution in [2.24, 2.45) is 7.05 Å². The molecule has 0 unspecified atom stereocenters. The fourth-order valence-corrected chi connectivity index (χ4v) is 2.77. The Labute approximate surface area is 135 Å². The standard InChI is InChI=1S/C17H22N4O2/c1-10(2)14-15-17(21(3)20-14)19-16(18-15)11-6-7-13(23-5)12(8-11)9-22-4/h6-8,10H,9H2,1-5H3,(H,18,19). The van der Waals surface area contributed by atoms with Crippen LogP contribution in [0.5, 0.6) is 5.75 Å². The van der Waals surface area contributed by atoms with Gasteiger partial charge in [-0.15, -0.1) is 0 Å². The number of rotatable bonds is 5. The Kier molecular flexibility index (Phi) is 4.09. The number of aromatic amines is 1. The Balaban J connectivity index is 2.10. The first-order chi connectivity index (χ1) is 11.0. The number of fused-ring (bicyclic) bond motifs is 1. The molecule has 1 aromatic carbocycles. The number of hydrogen-bond acceptors (Lipinski definition) is 4. The van der Waals surface area contributed by atoms with Crippen molar-refractivity contribution in [1.29, 1.82) is 0 Å². The van der Waals surface area contributed by atoms with E-state index < -0.39 is 0 Å². The van der Waals surface area contributed by atoms with Crippen LogP contribution in [0.1, 0.15) is 31.0 Å². The first-order valence-electron chi connectivity index (χ1n) is 7.64. The van der Waals surface area contributed by atoms with Gasteiger partial charge in [0.15, 0.2) is 5.65 Å². The fraction of sp³-hybridized carbons (Fsp3) is 0.412. The second kappa shape index (κ2) is 6.04. The smallest absolute Gasteiger partial charge is 0.176 e. The molecule has 3 rings (SSSR count). The quantitative estimate of drug-likeness (QED) is 0.785. The van der Waals surface area contributed by atoms with E-state index in [9.17, 15) is 0 Å². The van der Waals surface area contributed by atoms with Crippen LogP contribution in [0, 0.1) is 0 Å². The third-order valence-corrected chi connectivity index (χ3v) is 3.91. The molecule has 23 heavy (non-hydrogen) atoms. The highest BCUT2D eigenvalue weighted by Gasteiger charge is 2.17. The maximum Gasteiger partial charge on any atom is 0.176 e. The molecule has 0 aliphatic rings. The van der Waals surface area contributed by atoms with Gasteiger partial charge in [-0.1, -0.05) is 13.8 Å². The maximum atomic E-state index is 5.38. The van der Waals surface area contributed by atoms with Gasteiger partial charge in [0, 0.05) is 25.3 Å². The summed E-state index contributed by atoms with van der Waals surface area (Å²) in [4.78, 5) is 8.12. The molecule has 0 atom stereocenters. The minimum absolute atomic E-state index is 0.340. The van der Waals surface area contributed by atoms with Crippen LogP contribution in [0.15, 0.2) is 18.2 Å². The van der Waals surface area contributed by atoms with Gasteiger partial charge in [0.25, 0.3) is 0 Å². The molecular weight excluding hydrogens is 292 g/mol. The van der Waals surface area contributed by atoms with Crippen molar-refractivity contribution in [1.82, 2.24) is 19.7 Å². The Morgan fingerprint density at radius 3 is 2.70 bits per heavy atom. The van der Waals surface area contributed by atoms with E-state index in [2.05, 4.69) is 23.9 Å². The molecule has 6 heteroatoms. The van der Waals surface area contributed by atoms with E-state index >= 15 is 0 Å². The van der Waals surface area contributed by atoms with Gasteiger partial charge in [-0.2, -0.15) is 5.10 Å². The largest absolute Gasteiger partial charge is 0.496 e. The third kappa shape index (κ3) is 2.70. The van der Waals surface area contributed by atoms with Crippen LogP contribution in [-0.2, 0) is 18.4 Å². The molecule has 0 saturated carbocycles. The molecule has 0 fully saturated rings. The van der Waals surface area contributed by atoms with Gasteiger partial charge in [0.05, 0.1) is 19.4 Å². The molecule has 0 spiro atoms. The van der Waals surface area contributed by atoms with Crippen molar-refractivity contribution in [2.75, 3.05) is 14.2 Å². The summed E-state index contributed by atoms with van der Waals surface area (Å²) < 4.78 is 12.5. The van der Waals surface area contributed by atoms with Crippen molar-refractivity contribution in [3.05, 3.63) is 29.5 Å². The number of imidazole rings is 1. The van der Waals surface area contributed by atoms with Crippen LogP contribution in [-0.4, -0.2) is 34.0 Å². The second-order valence-electron chi connectivity index (χ2n) is 5.91. The minimum Gasteiger partial charge on any atom is -0.496 e. The Morgan fingerprint density at radius 2 is 2.04 bits per heavy atom. The highest BCUT2D eigenvalue weighted by atomic mass is 16.5. The average molecular weight is 314 g/mol. The molecule has 3 aromatic rings. The summed E-state index contributed by atoms with van der Waals surface area (Å²) in [6.45, 7) is 4.76. The Hall–Kier alpha value is -2.34. The number of hydrogen-bond donors (Lipinski definition) is 1. The third-order valence-electron chi connectivity index (χ3n) is 3.91. The number of methoxy groups -OCH3 is 2. The number of benzene rings is 1. The van der Waals surface area contributed by atoms with Gasteiger partial charge in [-0.25, -0.2) is 9.67 Å². The lowest BCUT2D eigenvalue weighted by molar-refractivity contribution is 0.181. The lowest BCUT2D eigenvalue weighted by Gasteiger charge is -2.09. The predicted molar refractivity (Wildman–Crippen MR) is 89.6 cm³/mol. The summed E-state index contributed by atoms with van der Waals surface area (Å²) in [5.41, 5.74) is 4.90. The number of H-pyrrole nitrogens is 1. The molecule has 0 aliphatic carbocycles. The van der Waals surface area contributed by atoms with Gasteiger partial charge in [0.1, 0.15) is 17.1 Å². The SMILES string of the molecule is COCc1cc(-c2nc3c([nH]2)c(C(C)C)nn3C)ccc1OC. The van der Waals surface area contributed by atoms with E-state index in [4.69, 9.17) is 14.5 Å². The van der Waals surface area contributed by atoms with Gasteiger partial charge in [-0.3, -0.25) is 0 Å². The molecule has 0 amide bonds. The second-order valence-corrected chi connectivity index (χ2v) is 5.91. The average Bonchev–Trinajstić information content (AvgIpc) is 3.08. The van der Waals surface area contributed by atoms with Crippen molar-refractivity contribution in [2.45, 2.75) is 26.4 Å². The molecule has 2 heterocycles. The lowest BCUT2D eigenvalue weighted by atomic mass is 10.1. The summed E-state index contributed by atoms with van der Waals surface area (Å²) in [5.74, 6) is 1.98. The molecular formula is C17H22N4O2. The van der Waals surface area contributed by atoms with Crippen LogP contribution in [0.4, 0.5) is 0 Å². The number of aryl methyl sites for hydroxylation is 1. The minimum atomic E-state index is 0.340. The van der Waals surface area contributed by atoms with E-state index in [0.717, 1.165) is 39.6 Å². The van der Waals surface area contributed by atoms with Gasteiger partial charge < -0.3 is 14.5 Å². The van der Waals surface area contributed by atoms with E-state index in [-0.39, 0.29) is 0 Å². The van der Waals surface area contributed by atoms with Crippen molar-refractivity contribution in [3.8, 4) is 17.1 Å².